The van der Waals surface area contributed by atoms with Crippen LogP contribution >= 0.6 is 23.2 Å². The Morgan fingerprint density at radius 2 is 2.05 bits per heavy atom. The summed E-state index contributed by atoms with van der Waals surface area (Å²) in [5.74, 6) is 0.568. The van der Waals surface area contributed by atoms with Gasteiger partial charge in [0.05, 0.1) is 22.3 Å². The third kappa shape index (κ3) is 3.80. The van der Waals surface area contributed by atoms with E-state index in [1.165, 1.54) is 6.07 Å². The molecule has 0 aliphatic heterocycles. The van der Waals surface area contributed by atoms with E-state index in [0.29, 0.717) is 34.6 Å². The first-order chi connectivity index (χ1) is 9.08. The summed E-state index contributed by atoms with van der Waals surface area (Å²) < 4.78 is 4.97. The number of ether oxygens (including phenoxy) is 1. The van der Waals surface area contributed by atoms with Crippen LogP contribution in [0.25, 0.3) is 0 Å². The second-order valence-electron chi connectivity index (χ2n) is 4.04. The Balaban J connectivity index is 2.27. The van der Waals surface area contributed by atoms with Crippen molar-refractivity contribution >= 4 is 23.2 Å². The second kappa shape index (κ2) is 6.19. The molecule has 4 nitrogen and oxygen atoms in total. The maximum Gasteiger partial charge on any atom is 0.251 e. The van der Waals surface area contributed by atoms with Gasteiger partial charge in [0.25, 0.3) is 5.56 Å². The lowest BCUT2D eigenvalue weighted by Gasteiger charge is -2.05. The lowest BCUT2D eigenvalue weighted by Crippen LogP contribution is -2.13. The number of hydrogen-bond acceptors (Lipinski definition) is 3. The molecule has 2 aromatic rings. The van der Waals surface area contributed by atoms with Crippen LogP contribution in [0.1, 0.15) is 17.1 Å². The molecule has 0 bridgehead atoms. The molecule has 2 rings (SSSR count). The van der Waals surface area contributed by atoms with Crippen molar-refractivity contribution < 1.29 is 4.74 Å². The summed E-state index contributed by atoms with van der Waals surface area (Å²) in [5.41, 5.74) is 1.32. The number of nitrogens with one attached hydrogen (secondary N) is 1. The summed E-state index contributed by atoms with van der Waals surface area (Å²) in [7, 11) is 1.56. The van der Waals surface area contributed by atoms with Gasteiger partial charge in [-0.1, -0.05) is 29.3 Å². The molecule has 100 valence electrons. The van der Waals surface area contributed by atoms with Crippen molar-refractivity contribution in [3.05, 3.63) is 61.7 Å². The van der Waals surface area contributed by atoms with Crippen molar-refractivity contribution in [2.75, 3.05) is 7.11 Å². The van der Waals surface area contributed by atoms with Crippen molar-refractivity contribution in [3.63, 3.8) is 0 Å². The molecule has 0 spiro atoms. The molecule has 1 aromatic heterocycles. The number of methoxy groups -OCH3 is 1. The van der Waals surface area contributed by atoms with E-state index in [9.17, 15) is 4.79 Å². The Kier molecular flexibility index (Phi) is 4.58. The van der Waals surface area contributed by atoms with Gasteiger partial charge in [-0.15, -0.1) is 0 Å². The fraction of sp³-hybridized carbons (Fsp3) is 0.231. The van der Waals surface area contributed by atoms with Crippen molar-refractivity contribution in [2.45, 2.75) is 13.0 Å². The zero-order valence-corrected chi connectivity index (χ0v) is 11.8. The fourth-order valence-electron chi connectivity index (χ4n) is 1.71. The van der Waals surface area contributed by atoms with E-state index in [4.69, 9.17) is 27.9 Å². The molecule has 0 saturated carbocycles. The van der Waals surface area contributed by atoms with Gasteiger partial charge in [0.1, 0.15) is 5.82 Å². The maximum atomic E-state index is 11.5. The number of benzene rings is 1. The van der Waals surface area contributed by atoms with E-state index in [0.717, 1.165) is 5.56 Å². The highest BCUT2D eigenvalue weighted by molar-refractivity contribution is 6.42. The Bertz CT molecular complexity index is 641. The fourth-order valence-corrected chi connectivity index (χ4v) is 2.03. The molecule has 1 aromatic carbocycles. The van der Waals surface area contributed by atoms with Crippen LogP contribution in [0.15, 0.2) is 29.1 Å². The van der Waals surface area contributed by atoms with Gasteiger partial charge in [0, 0.05) is 19.6 Å². The van der Waals surface area contributed by atoms with E-state index in [-0.39, 0.29) is 5.56 Å². The van der Waals surface area contributed by atoms with Gasteiger partial charge in [-0.3, -0.25) is 4.79 Å². The van der Waals surface area contributed by atoms with Gasteiger partial charge in [0.15, 0.2) is 0 Å². The highest BCUT2D eigenvalue weighted by atomic mass is 35.5. The molecule has 0 aliphatic carbocycles. The highest BCUT2D eigenvalue weighted by Crippen LogP contribution is 2.23. The number of nitrogens with zero attached hydrogens (tertiary/aromatic N) is 1. The summed E-state index contributed by atoms with van der Waals surface area (Å²) in [6.07, 6.45) is 0.476. The first kappa shape index (κ1) is 14.1. The highest BCUT2D eigenvalue weighted by Gasteiger charge is 2.05. The van der Waals surface area contributed by atoms with Gasteiger partial charge in [-0.25, -0.2) is 4.98 Å². The zero-order chi connectivity index (χ0) is 13.8. The minimum Gasteiger partial charge on any atom is -0.378 e. The quantitative estimate of drug-likeness (QED) is 0.944. The number of hydrogen-bond donors (Lipinski definition) is 1. The summed E-state index contributed by atoms with van der Waals surface area (Å²) in [6.45, 7) is 0.304. The third-order valence-electron chi connectivity index (χ3n) is 2.49. The van der Waals surface area contributed by atoms with E-state index in [2.05, 4.69) is 9.97 Å². The number of aromatic nitrogens is 2. The van der Waals surface area contributed by atoms with Crippen molar-refractivity contribution in [1.82, 2.24) is 9.97 Å². The second-order valence-corrected chi connectivity index (χ2v) is 4.86. The molecule has 0 fully saturated rings. The number of rotatable bonds is 4. The van der Waals surface area contributed by atoms with Crippen molar-refractivity contribution in [2.24, 2.45) is 0 Å². The average Bonchev–Trinajstić information content (AvgIpc) is 2.33. The van der Waals surface area contributed by atoms with Gasteiger partial charge in [-0.2, -0.15) is 0 Å². The molecule has 6 heteroatoms. The van der Waals surface area contributed by atoms with Gasteiger partial charge >= 0.3 is 0 Å². The van der Waals surface area contributed by atoms with Gasteiger partial charge in [0.2, 0.25) is 0 Å². The Morgan fingerprint density at radius 3 is 2.74 bits per heavy atom. The molecule has 0 atom stereocenters. The van der Waals surface area contributed by atoms with Crippen LogP contribution in [0.2, 0.25) is 10.0 Å². The van der Waals surface area contributed by atoms with Crippen LogP contribution < -0.4 is 5.56 Å². The van der Waals surface area contributed by atoms with Crippen molar-refractivity contribution in [3.8, 4) is 0 Å². The molecular weight excluding hydrogens is 287 g/mol. The summed E-state index contributed by atoms with van der Waals surface area (Å²) in [6, 6.07) is 6.74. The topological polar surface area (TPSA) is 55.0 Å². The first-order valence-corrected chi connectivity index (χ1v) is 6.36. The lowest BCUT2D eigenvalue weighted by molar-refractivity contribution is 0.181. The van der Waals surface area contributed by atoms with E-state index >= 15 is 0 Å². The van der Waals surface area contributed by atoms with Crippen LogP contribution in [0.5, 0.6) is 0 Å². The molecule has 0 radical (unpaired) electrons. The number of H-pyrrole nitrogens is 1. The zero-order valence-electron chi connectivity index (χ0n) is 10.2. The predicted molar refractivity (Wildman–Crippen MR) is 74.8 cm³/mol. The lowest BCUT2D eigenvalue weighted by atomic mass is 10.1. The van der Waals surface area contributed by atoms with Crippen molar-refractivity contribution in [1.29, 1.82) is 0 Å². The minimum atomic E-state index is -0.197. The monoisotopic (exact) mass is 298 g/mol. The van der Waals surface area contributed by atoms with E-state index < -0.39 is 0 Å². The van der Waals surface area contributed by atoms with Gasteiger partial charge < -0.3 is 9.72 Å². The molecule has 0 saturated heterocycles. The third-order valence-corrected chi connectivity index (χ3v) is 3.23. The average molecular weight is 299 g/mol. The molecule has 0 amide bonds. The molecular formula is C13H12Cl2N2O2. The molecule has 1 N–H and O–H groups in total. The van der Waals surface area contributed by atoms with E-state index in [1.54, 1.807) is 19.2 Å². The Morgan fingerprint density at radius 1 is 1.26 bits per heavy atom. The summed E-state index contributed by atoms with van der Waals surface area (Å²) in [4.78, 5) is 18.5. The van der Waals surface area contributed by atoms with Crippen LogP contribution in [-0.4, -0.2) is 17.1 Å². The largest absolute Gasteiger partial charge is 0.378 e. The van der Waals surface area contributed by atoms with Crippen LogP contribution in [0.3, 0.4) is 0 Å². The van der Waals surface area contributed by atoms with Crippen LogP contribution in [0.4, 0.5) is 0 Å². The van der Waals surface area contributed by atoms with E-state index in [1.807, 2.05) is 6.07 Å². The predicted octanol–water partition coefficient (Wildman–Crippen LogP) is 2.81. The van der Waals surface area contributed by atoms with Crippen LogP contribution in [-0.2, 0) is 17.8 Å². The van der Waals surface area contributed by atoms with Crippen LogP contribution in [0, 0.1) is 0 Å². The molecule has 19 heavy (non-hydrogen) atoms. The number of aromatic amines is 1. The molecule has 0 aliphatic rings. The maximum absolute atomic E-state index is 11.5. The summed E-state index contributed by atoms with van der Waals surface area (Å²) >= 11 is 11.8. The normalized spacial score (nSPS) is 10.7. The first-order valence-electron chi connectivity index (χ1n) is 5.60. The molecule has 1 heterocycles. The summed E-state index contributed by atoms with van der Waals surface area (Å²) in [5, 5.41) is 0.981. The Labute approximate surface area is 120 Å². The smallest absolute Gasteiger partial charge is 0.251 e. The standard InChI is InChI=1S/C13H12Cl2N2O2/c1-19-7-9-6-13(18)17-12(16-9)5-8-2-3-10(14)11(15)4-8/h2-4,6H,5,7H2,1H3,(H,16,17,18). The van der Waals surface area contributed by atoms with Gasteiger partial charge in [-0.05, 0) is 17.7 Å². The number of halogens is 2. The SMILES string of the molecule is COCc1cc(=O)[nH]c(Cc2ccc(Cl)c(Cl)c2)n1. The molecule has 0 unspecified atom stereocenters. The Hall–Kier alpha value is -1.36. The minimum absolute atomic E-state index is 0.197.